The van der Waals surface area contributed by atoms with Crippen LogP contribution in [0.2, 0.25) is 0 Å². The predicted octanol–water partition coefficient (Wildman–Crippen LogP) is -0.186. The first-order valence-corrected chi connectivity index (χ1v) is 7.44. The van der Waals surface area contributed by atoms with E-state index in [1.165, 1.54) is 6.33 Å². The molecule has 0 saturated carbocycles. The zero-order valence-corrected chi connectivity index (χ0v) is 11.3. The van der Waals surface area contributed by atoms with Gasteiger partial charge >= 0.3 is 0 Å². The topological polar surface area (TPSA) is 103 Å². The number of sulfonamides is 1. The van der Waals surface area contributed by atoms with E-state index in [-0.39, 0.29) is 10.8 Å². The third-order valence-electron chi connectivity index (χ3n) is 2.33. The Morgan fingerprint density at radius 2 is 2.28 bits per heavy atom. The van der Waals surface area contributed by atoms with Crippen molar-refractivity contribution in [1.29, 1.82) is 0 Å². The fourth-order valence-corrected chi connectivity index (χ4v) is 3.57. The molecule has 2 rings (SSSR count). The first-order chi connectivity index (χ1) is 8.53. The highest BCUT2D eigenvalue weighted by molar-refractivity contribution is 7.91. The molecule has 0 unspecified atom stereocenters. The molecule has 0 atom stereocenters. The molecule has 0 spiro atoms. The molecule has 3 N–H and O–H groups in total. The summed E-state index contributed by atoms with van der Waals surface area (Å²) in [4.78, 5) is 0.828. The van der Waals surface area contributed by atoms with Crippen LogP contribution in [0, 0.1) is 0 Å². The zero-order chi connectivity index (χ0) is 13.2. The van der Waals surface area contributed by atoms with E-state index in [1.807, 2.05) is 0 Å². The number of nitrogens with zero attached hydrogens (tertiary/aromatic N) is 3. The Kier molecular flexibility index (Phi) is 3.76. The lowest BCUT2D eigenvalue weighted by atomic mass is 10.5. The highest BCUT2D eigenvalue weighted by Gasteiger charge is 2.17. The minimum absolute atomic E-state index is 0.106. The SMILES string of the molecule is Cn1cnnc1CNS(=O)(=O)c1ccc(CN)s1. The zero-order valence-electron chi connectivity index (χ0n) is 9.70. The van der Waals surface area contributed by atoms with Crippen LogP contribution in [0.4, 0.5) is 0 Å². The van der Waals surface area contributed by atoms with E-state index in [9.17, 15) is 8.42 Å². The van der Waals surface area contributed by atoms with Crippen LogP contribution in [0.15, 0.2) is 22.7 Å². The molecule has 0 aliphatic rings. The Morgan fingerprint density at radius 1 is 1.50 bits per heavy atom. The molecule has 98 valence electrons. The summed E-state index contributed by atoms with van der Waals surface area (Å²) in [5.41, 5.74) is 5.45. The predicted molar refractivity (Wildman–Crippen MR) is 67.2 cm³/mol. The molecular weight excluding hydrogens is 274 g/mol. The van der Waals surface area contributed by atoms with Crippen molar-refractivity contribution in [3.05, 3.63) is 29.2 Å². The molecule has 0 fully saturated rings. The maximum atomic E-state index is 12.0. The van der Waals surface area contributed by atoms with Gasteiger partial charge in [-0.1, -0.05) is 0 Å². The number of nitrogens with two attached hydrogens (primary N) is 1. The van der Waals surface area contributed by atoms with Gasteiger partial charge in [0.05, 0.1) is 6.54 Å². The average molecular weight is 287 g/mol. The number of hydrogen-bond acceptors (Lipinski definition) is 6. The summed E-state index contributed by atoms with van der Waals surface area (Å²) in [6.45, 7) is 0.443. The highest BCUT2D eigenvalue weighted by atomic mass is 32.2. The van der Waals surface area contributed by atoms with E-state index >= 15 is 0 Å². The Balaban J connectivity index is 2.10. The van der Waals surface area contributed by atoms with Gasteiger partial charge in [0.1, 0.15) is 16.4 Å². The molecule has 7 nitrogen and oxygen atoms in total. The van der Waals surface area contributed by atoms with Crippen LogP contribution < -0.4 is 10.5 Å². The first-order valence-electron chi connectivity index (χ1n) is 5.14. The fraction of sp³-hybridized carbons (Fsp3) is 0.333. The molecule has 0 saturated heterocycles. The van der Waals surface area contributed by atoms with Gasteiger partial charge in [-0.3, -0.25) is 0 Å². The van der Waals surface area contributed by atoms with E-state index < -0.39 is 10.0 Å². The smallest absolute Gasteiger partial charge is 0.250 e. The second-order valence-electron chi connectivity index (χ2n) is 3.61. The molecule has 0 aliphatic carbocycles. The summed E-state index contributed by atoms with van der Waals surface area (Å²) >= 11 is 1.16. The Morgan fingerprint density at radius 3 is 2.83 bits per heavy atom. The standard InChI is InChI=1S/C9H13N5O2S2/c1-14-6-11-13-8(14)5-12-18(15,16)9-3-2-7(4-10)17-9/h2-3,6,12H,4-5,10H2,1H3. The third kappa shape index (κ3) is 2.75. The highest BCUT2D eigenvalue weighted by Crippen LogP contribution is 2.20. The third-order valence-corrected chi connectivity index (χ3v) is 5.33. The molecule has 2 aromatic heterocycles. The maximum Gasteiger partial charge on any atom is 0.250 e. The van der Waals surface area contributed by atoms with Gasteiger partial charge < -0.3 is 10.3 Å². The van der Waals surface area contributed by atoms with E-state index in [0.29, 0.717) is 12.4 Å². The first kappa shape index (κ1) is 13.1. The lowest BCUT2D eigenvalue weighted by molar-refractivity contribution is 0.579. The molecule has 18 heavy (non-hydrogen) atoms. The second kappa shape index (κ2) is 5.14. The normalized spacial score (nSPS) is 11.9. The molecule has 2 heterocycles. The van der Waals surface area contributed by atoms with Gasteiger partial charge in [0.2, 0.25) is 10.0 Å². The summed E-state index contributed by atoms with van der Waals surface area (Å²) < 4.78 is 28.3. The van der Waals surface area contributed by atoms with Crippen molar-refractivity contribution >= 4 is 21.4 Å². The Hall–Kier alpha value is -1.29. The van der Waals surface area contributed by atoms with Gasteiger partial charge in [0, 0.05) is 18.5 Å². The molecule has 0 aliphatic heterocycles. The molecule has 0 aromatic carbocycles. The fourth-order valence-electron chi connectivity index (χ4n) is 1.31. The number of nitrogens with one attached hydrogen (secondary N) is 1. The van der Waals surface area contributed by atoms with Crippen molar-refractivity contribution < 1.29 is 8.42 Å². The van der Waals surface area contributed by atoms with Crippen molar-refractivity contribution in [2.75, 3.05) is 0 Å². The monoisotopic (exact) mass is 287 g/mol. The van der Waals surface area contributed by atoms with Crippen molar-refractivity contribution in [1.82, 2.24) is 19.5 Å². The molecule has 9 heteroatoms. The summed E-state index contributed by atoms with van der Waals surface area (Å²) in [7, 11) is -1.76. The van der Waals surface area contributed by atoms with E-state index in [1.54, 1.807) is 23.7 Å². The summed E-state index contributed by atoms with van der Waals surface area (Å²) in [6.07, 6.45) is 1.52. The average Bonchev–Trinajstić information content (AvgIpc) is 2.95. The minimum Gasteiger partial charge on any atom is -0.326 e. The molecule has 0 radical (unpaired) electrons. The van der Waals surface area contributed by atoms with Crippen molar-refractivity contribution in [2.24, 2.45) is 12.8 Å². The van der Waals surface area contributed by atoms with Crippen LogP contribution >= 0.6 is 11.3 Å². The summed E-state index contributed by atoms with van der Waals surface area (Å²) in [6, 6.07) is 3.26. The Bertz CT molecular complexity index is 631. The molecular formula is C9H13N5O2S2. The number of hydrogen-bond donors (Lipinski definition) is 2. The van der Waals surface area contributed by atoms with Crippen LogP contribution in [0.5, 0.6) is 0 Å². The van der Waals surface area contributed by atoms with Crippen molar-refractivity contribution in [3.63, 3.8) is 0 Å². The van der Waals surface area contributed by atoms with Crippen LogP contribution in [0.25, 0.3) is 0 Å². The van der Waals surface area contributed by atoms with Crippen LogP contribution in [-0.2, 0) is 30.2 Å². The summed E-state index contributed by atoms with van der Waals surface area (Å²) in [5, 5.41) is 7.48. The van der Waals surface area contributed by atoms with Gasteiger partial charge in [-0.15, -0.1) is 21.5 Å². The Labute approximate surface area is 109 Å². The number of aryl methyl sites for hydroxylation is 1. The van der Waals surface area contributed by atoms with Gasteiger partial charge in [-0.25, -0.2) is 13.1 Å². The number of aromatic nitrogens is 3. The molecule has 0 bridgehead atoms. The van der Waals surface area contributed by atoms with Gasteiger partial charge in [0.25, 0.3) is 0 Å². The second-order valence-corrected chi connectivity index (χ2v) is 6.77. The lowest BCUT2D eigenvalue weighted by Gasteiger charge is -2.03. The quantitative estimate of drug-likeness (QED) is 0.793. The van der Waals surface area contributed by atoms with Gasteiger partial charge in [-0.05, 0) is 12.1 Å². The maximum absolute atomic E-state index is 12.0. The van der Waals surface area contributed by atoms with Crippen LogP contribution in [0.3, 0.4) is 0 Å². The van der Waals surface area contributed by atoms with Crippen LogP contribution in [0.1, 0.15) is 10.7 Å². The van der Waals surface area contributed by atoms with Gasteiger partial charge in [0.15, 0.2) is 0 Å². The van der Waals surface area contributed by atoms with E-state index in [4.69, 9.17) is 5.73 Å². The molecule has 2 aromatic rings. The number of thiophene rings is 1. The lowest BCUT2D eigenvalue weighted by Crippen LogP contribution is -2.24. The summed E-state index contributed by atoms with van der Waals surface area (Å²) in [5.74, 6) is 0.550. The van der Waals surface area contributed by atoms with E-state index in [0.717, 1.165) is 16.2 Å². The van der Waals surface area contributed by atoms with E-state index in [2.05, 4.69) is 14.9 Å². The van der Waals surface area contributed by atoms with Gasteiger partial charge in [-0.2, -0.15) is 0 Å². The van der Waals surface area contributed by atoms with Crippen molar-refractivity contribution in [2.45, 2.75) is 17.3 Å². The van der Waals surface area contributed by atoms with Crippen LogP contribution in [-0.4, -0.2) is 23.2 Å². The van der Waals surface area contributed by atoms with Crippen molar-refractivity contribution in [3.8, 4) is 0 Å². The largest absolute Gasteiger partial charge is 0.326 e. The minimum atomic E-state index is -3.51. The number of rotatable bonds is 5. The molecule has 0 amide bonds.